The lowest BCUT2D eigenvalue weighted by atomic mass is 9.84. The Morgan fingerprint density at radius 3 is 2.77 bits per heavy atom. The minimum Gasteiger partial charge on any atom is -0.348 e. The van der Waals surface area contributed by atoms with Crippen molar-refractivity contribution in [1.82, 2.24) is 19.9 Å². The summed E-state index contributed by atoms with van der Waals surface area (Å²) in [6, 6.07) is 4.24. The molecule has 4 unspecified atom stereocenters. The lowest BCUT2D eigenvalue weighted by Crippen LogP contribution is -2.40. The number of amides is 1. The molecule has 2 bridgehead atoms. The average Bonchev–Trinajstić information content (AvgIpc) is 3.51. The summed E-state index contributed by atoms with van der Waals surface area (Å²) in [7, 11) is 0. The lowest BCUT2D eigenvalue weighted by molar-refractivity contribution is -0.142. The lowest BCUT2D eigenvalue weighted by Gasteiger charge is -2.28. The number of hydrogen-bond acceptors (Lipinski definition) is 4. The second-order valence-corrected chi connectivity index (χ2v) is 9.83. The highest BCUT2D eigenvalue weighted by atomic mass is 35.5. The third-order valence-electron chi connectivity index (χ3n) is 6.61. The van der Waals surface area contributed by atoms with E-state index in [1.54, 1.807) is 17.5 Å². The highest BCUT2D eigenvalue weighted by molar-refractivity contribution is 7.13. The number of carbonyl (C=O) groups is 1. The fourth-order valence-corrected chi connectivity index (χ4v) is 6.11. The molecule has 2 fully saturated rings. The standard InChI is InChI=1S/C21H20ClF3N4OS/c1-10(13-8-11-4-5-12(13)7-11)26-20(30)18-17(22)19-27-14(15-3-2-6-31-15)9-16(21(23,24)25)29(19)28-18/h2-3,6,9-13H,4-5,7-8H2,1H3,(H,26,30). The Morgan fingerprint density at radius 1 is 1.35 bits per heavy atom. The number of rotatable bonds is 4. The van der Waals surface area contributed by atoms with Crippen LogP contribution in [0, 0.1) is 17.8 Å². The number of thiophene rings is 1. The Kier molecular flexibility index (Phi) is 5.01. The van der Waals surface area contributed by atoms with Gasteiger partial charge in [-0.15, -0.1) is 11.3 Å². The van der Waals surface area contributed by atoms with Gasteiger partial charge in [0.25, 0.3) is 5.91 Å². The molecule has 3 aromatic heterocycles. The topological polar surface area (TPSA) is 59.3 Å². The largest absolute Gasteiger partial charge is 0.433 e. The van der Waals surface area contributed by atoms with Crippen LogP contribution in [-0.2, 0) is 6.18 Å². The van der Waals surface area contributed by atoms with Crippen LogP contribution < -0.4 is 5.32 Å². The molecule has 164 valence electrons. The van der Waals surface area contributed by atoms with E-state index in [0.29, 0.717) is 21.2 Å². The normalized spacial score (nSPS) is 24.1. The van der Waals surface area contributed by atoms with Crippen LogP contribution in [0.3, 0.4) is 0 Å². The van der Waals surface area contributed by atoms with Gasteiger partial charge in [-0.3, -0.25) is 4.79 Å². The zero-order valence-electron chi connectivity index (χ0n) is 16.6. The van der Waals surface area contributed by atoms with Crippen LogP contribution in [0.2, 0.25) is 5.02 Å². The molecule has 5 rings (SSSR count). The molecule has 0 radical (unpaired) electrons. The first-order valence-electron chi connectivity index (χ1n) is 10.2. The van der Waals surface area contributed by atoms with Gasteiger partial charge < -0.3 is 5.32 Å². The number of halogens is 4. The smallest absolute Gasteiger partial charge is 0.348 e. The number of carbonyl (C=O) groups excluding carboxylic acids is 1. The van der Waals surface area contributed by atoms with Gasteiger partial charge in [-0.25, -0.2) is 9.50 Å². The number of aromatic nitrogens is 3. The van der Waals surface area contributed by atoms with Crippen LogP contribution in [0.4, 0.5) is 13.2 Å². The molecule has 2 saturated carbocycles. The molecule has 1 N–H and O–H groups in total. The van der Waals surface area contributed by atoms with E-state index >= 15 is 0 Å². The van der Waals surface area contributed by atoms with Gasteiger partial charge in [0.15, 0.2) is 17.0 Å². The molecule has 5 nitrogen and oxygen atoms in total. The van der Waals surface area contributed by atoms with E-state index in [4.69, 9.17) is 11.6 Å². The first kappa shape index (κ1) is 20.8. The van der Waals surface area contributed by atoms with Crippen LogP contribution in [0.1, 0.15) is 48.8 Å². The summed E-state index contributed by atoms with van der Waals surface area (Å²) in [5, 5.41) is 8.41. The van der Waals surface area contributed by atoms with Crippen LogP contribution in [0.5, 0.6) is 0 Å². The van der Waals surface area contributed by atoms with E-state index in [1.807, 2.05) is 6.92 Å². The van der Waals surface area contributed by atoms with Crippen LogP contribution in [0.15, 0.2) is 23.6 Å². The van der Waals surface area contributed by atoms with Gasteiger partial charge in [-0.05, 0) is 61.5 Å². The molecule has 3 heterocycles. The Balaban J connectivity index is 1.50. The predicted molar refractivity (Wildman–Crippen MR) is 112 cm³/mol. The molecule has 2 aliphatic rings. The van der Waals surface area contributed by atoms with E-state index in [0.717, 1.165) is 18.4 Å². The summed E-state index contributed by atoms with van der Waals surface area (Å²) < 4.78 is 41.9. The number of nitrogens with one attached hydrogen (secondary N) is 1. The highest BCUT2D eigenvalue weighted by Gasteiger charge is 2.42. The second-order valence-electron chi connectivity index (χ2n) is 8.50. The molecule has 0 spiro atoms. The number of hydrogen-bond donors (Lipinski definition) is 1. The minimum absolute atomic E-state index is 0.0968. The highest BCUT2D eigenvalue weighted by Crippen LogP contribution is 2.49. The van der Waals surface area contributed by atoms with Crippen molar-refractivity contribution >= 4 is 34.5 Å². The molecule has 4 atom stereocenters. The van der Waals surface area contributed by atoms with Crippen LogP contribution in [-0.4, -0.2) is 26.5 Å². The average molecular weight is 469 g/mol. The SMILES string of the molecule is CC(NC(=O)c1nn2c(C(F)(F)F)cc(-c3cccs3)nc2c1Cl)C1CC2CCC1C2. The summed E-state index contributed by atoms with van der Waals surface area (Å²) >= 11 is 7.61. The first-order valence-corrected chi connectivity index (χ1v) is 11.5. The summed E-state index contributed by atoms with van der Waals surface area (Å²) in [5.41, 5.74) is -1.31. The molecule has 10 heteroatoms. The zero-order chi connectivity index (χ0) is 21.9. The van der Waals surface area contributed by atoms with Gasteiger partial charge in [0.1, 0.15) is 5.02 Å². The molecule has 0 aliphatic heterocycles. The van der Waals surface area contributed by atoms with Gasteiger partial charge in [0, 0.05) is 6.04 Å². The van der Waals surface area contributed by atoms with Crippen molar-refractivity contribution in [2.45, 2.75) is 44.8 Å². The zero-order valence-corrected chi connectivity index (χ0v) is 18.2. The van der Waals surface area contributed by atoms with Gasteiger partial charge in [0.2, 0.25) is 0 Å². The van der Waals surface area contributed by atoms with Crippen molar-refractivity contribution in [2.24, 2.45) is 17.8 Å². The summed E-state index contributed by atoms with van der Waals surface area (Å²) in [5.74, 6) is 1.13. The Bertz CT molecular complexity index is 1140. The predicted octanol–water partition coefficient (Wildman–Crippen LogP) is 5.68. The number of fused-ring (bicyclic) bond motifs is 3. The number of alkyl halides is 3. The van der Waals surface area contributed by atoms with Crippen molar-refractivity contribution < 1.29 is 18.0 Å². The summed E-state index contributed by atoms with van der Waals surface area (Å²) in [6.45, 7) is 1.95. The number of nitrogens with zero attached hydrogens (tertiary/aromatic N) is 3. The van der Waals surface area contributed by atoms with Crippen molar-refractivity contribution in [1.29, 1.82) is 0 Å². The quantitative estimate of drug-likeness (QED) is 0.535. The minimum atomic E-state index is -4.69. The third kappa shape index (κ3) is 3.61. The van der Waals surface area contributed by atoms with Gasteiger partial charge in [-0.1, -0.05) is 24.1 Å². The second kappa shape index (κ2) is 7.48. The Morgan fingerprint density at radius 2 is 2.16 bits per heavy atom. The molecule has 0 aromatic carbocycles. The molecular weight excluding hydrogens is 449 g/mol. The Hall–Kier alpha value is -2.13. The van der Waals surface area contributed by atoms with E-state index in [9.17, 15) is 18.0 Å². The van der Waals surface area contributed by atoms with Crippen molar-refractivity contribution in [2.75, 3.05) is 0 Å². The van der Waals surface area contributed by atoms with E-state index in [2.05, 4.69) is 15.4 Å². The van der Waals surface area contributed by atoms with E-state index in [-0.39, 0.29) is 28.1 Å². The van der Waals surface area contributed by atoms with Crippen molar-refractivity contribution in [3.63, 3.8) is 0 Å². The van der Waals surface area contributed by atoms with Crippen LogP contribution in [0.25, 0.3) is 16.2 Å². The molecule has 3 aromatic rings. The fraction of sp³-hybridized carbons (Fsp3) is 0.476. The maximum atomic E-state index is 13.8. The van der Waals surface area contributed by atoms with Gasteiger partial charge in [0.05, 0.1) is 10.6 Å². The van der Waals surface area contributed by atoms with E-state index < -0.39 is 17.8 Å². The molecule has 2 aliphatic carbocycles. The monoisotopic (exact) mass is 468 g/mol. The summed E-state index contributed by atoms with van der Waals surface area (Å²) in [6.07, 6.45) is 0.0135. The third-order valence-corrected chi connectivity index (χ3v) is 7.85. The van der Waals surface area contributed by atoms with Gasteiger partial charge >= 0.3 is 6.18 Å². The molecule has 31 heavy (non-hydrogen) atoms. The van der Waals surface area contributed by atoms with E-state index in [1.165, 1.54) is 30.6 Å². The summed E-state index contributed by atoms with van der Waals surface area (Å²) in [4.78, 5) is 17.8. The van der Waals surface area contributed by atoms with Crippen LogP contribution >= 0.6 is 22.9 Å². The fourth-order valence-electron chi connectivity index (χ4n) is 5.18. The Labute approximate surface area is 185 Å². The molecule has 1 amide bonds. The van der Waals surface area contributed by atoms with Crippen molar-refractivity contribution in [3.8, 4) is 10.6 Å². The maximum absolute atomic E-state index is 13.8. The molecular formula is C21H20ClF3N4OS. The molecule has 0 saturated heterocycles. The maximum Gasteiger partial charge on any atom is 0.433 e. The first-order chi connectivity index (χ1) is 14.7. The van der Waals surface area contributed by atoms with Crippen molar-refractivity contribution in [3.05, 3.63) is 40.0 Å². The van der Waals surface area contributed by atoms with Gasteiger partial charge in [-0.2, -0.15) is 18.3 Å².